The Balaban J connectivity index is 2.11. The van der Waals surface area contributed by atoms with Crippen molar-refractivity contribution in [3.05, 3.63) is 35.0 Å². The zero-order valence-electron chi connectivity index (χ0n) is 15.5. The Morgan fingerprint density at radius 2 is 2.20 bits per heavy atom. The Labute approximate surface area is 148 Å². The number of hydrogen-bond acceptors (Lipinski definition) is 5. The van der Waals surface area contributed by atoms with Crippen molar-refractivity contribution in [2.24, 2.45) is 5.92 Å². The largest absolute Gasteiger partial charge is 0.462 e. The van der Waals surface area contributed by atoms with Gasteiger partial charge in [-0.1, -0.05) is 12.1 Å². The zero-order chi connectivity index (χ0) is 18.0. The Hall–Kier alpha value is -2.14. The number of hydrogen-bond donors (Lipinski definition) is 0. The highest BCUT2D eigenvalue weighted by Gasteiger charge is 2.24. The fraction of sp³-hybridized carbons (Fsp3) is 0.500. The van der Waals surface area contributed by atoms with E-state index in [9.17, 15) is 4.79 Å². The van der Waals surface area contributed by atoms with Crippen LogP contribution >= 0.6 is 0 Å². The molecular formula is C20H26N2O3. The lowest BCUT2D eigenvalue weighted by Crippen LogP contribution is -2.28. The molecule has 2 heterocycles. The van der Waals surface area contributed by atoms with Crippen LogP contribution in [0.15, 0.2) is 18.3 Å². The van der Waals surface area contributed by atoms with E-state index in [0.717, 1.165) is 48.3 Å². The number of pyridine rings is 1. The summed E-state index contributed by atoms with van der Waals surface area (Å²) in [6, 6.07) is 4.15. The van der Waals surface area contributed by atoms with E-state index in [-0.39, 0.29) is 5.97 Å². The molecular weight excluding hydrogens is 316 g/mol. The normalized spacial score (nSPS) is 17.0. The second-order valence-electron chi connectivity index (χ2n) is 6.75. The molecule has 3 rings (SSSR count). The molecule has 1 unspecified atom stereocenters. The molecule has 1 aliphatic rings. The van der Waals surface area contributed by atoms with Crippen LogP contribution < -0.4 is 4.90 Å². The van der Waals surface area contributed by atoms with Crippen molar-refractivity contribution in [3.8, 4) is 0 Å². The van der Waals surface area contributed by atoms with Gasteiger partial charge in [0.15, 0.2) is 0 Å². The second kappa shape index (κ2) is 7.40. The van der Waals surface area contributed by atoms with Crippen LogP contribution in [-0.4, -0.2) is 44.4 Å². The molecule has 0 N–H and O–H groups in total. The van der Waals surface area contributed by atoms with Gasteiger partial charge in [0.2, 0.25) is 0 Å². The van der Waals surface area contributed by atoms with Crippen LogP contribution in [0.2, 0.25) is 0 Å². The molecule has 5 nitrogen and oxygen atoms in total. The Morgan fingerprint density at radius 1 is 1.40 bits per heavy atom. The first kappa shape index (κ1) is 17.7. The van der Waals surface area contributed by atoms with Gasteiger partial charge in [-0.2, -0.15) is 0 Å². The predicted molar refractivity (Wildman–Crippen MR) is 99.4 cm³/mol. The van der Waals surface area contributed by atoms with Crippen LogP contribution in [0.5, 0.6) is 0 Å². The van der Waals surface area contributed by atoms with Crippen molar-refractivity contribution in [3.63, 3.8) is 0 Å². The molecule has 1 aromatic heterocycles. The van der Waals surface area contributed by atoms with Gasteiger partial charge in [0, 0.05) is 37.7 Å². The third kappa shape index (κ3) is 3.47. The first-order valence-corrected chi connectivity index (χ1v) is 8.87. The summed E-state index contributed by atoms with van der Waals surface area (Å²) in [5, 5.41) is 0.995. The summed E-state index contributed by atoms with van der Waals surface area (Å²) in [6.45, 7) is 8.76. The molecule has 0 saturated carbocycles. The Kier molecular flexibility index (Phi) is 5.23. The van der Waals surface area contributed by atoms with E-state index >= 15 is 0 Å². The minimum absolute atomic E-state index is 0.320. The van der Waals surface area contributed by atoms with Crippen LogP contribution in [-0.2, 0) is 9.47 Å². The van der Waals surface area contributed by atoms with Gasteiger partial charge in [-0.25, -0.2) is 4.79 Å². The van der Waals surface area contributed by atoms with Crippen LogP contribution in [0.1, 0.15) is 34.8 Å². The van der Waals surface area contributed by atoms with Gasteiger partial charge in [-0.15, -0.1) is 0 Å². The van der Waals surface area contributed by atoms with Gasteiger partial charge in [-0.3, -0.25) is 4.98 Å². The molecule has 0 amide bonds. The molecule has 0 radical (unpaired) electrons. The van der Waals surface area contributed by atoms with E-state index in [1.54, 1.807) is 6.20 Å². The Morgan fingerprint density at radius 3 is 2.88 bits per heavy atom. The van der Waals surface area contributed by atoms with Crippen LogP contribution in [0.3, 0.4) is 0 Å². The zero-order valence-corrected chi connectivity index (χ0v) is 15.5. The molecule has 1 aliphatic heterocycles. The molecule has 2 aromatic rings. The summed E-state index contributed by atoms with van der Waals surface area (Å²) < 4.78 is 10.8. The number of carbonyl (C=O) groups excluding carboxylic acids is 1. The molecule has 1 fully saturated rings. The summed E-state index contributed by atoms with van der Waals surface area (Å²) in [7, 11) is 2.03. The molecule has 0 bridgehead atoms. The third-order valence-corrected chi connectivity index (χ3v) is 4.97. The molecule has 1 aromatic carbocycles. The molecule has 1 atom stereocenters. The van der Waals surface area contributed by atoms with Crippen molar-refractivity contribution in [2.45, 2.75) is 27.2 Å². The van der Waals surface area contributed by atoms with Gasteiger partial charge >= 0.3 is 5.97 Å². The van der Waals surface area contributed by atoms with Crippen molar-refractivity contribution >= 4 is 22.6 Å². The first-order valence-electron chi connectivity index (χ1n) is 8.87. The van der Waals surface area contributed by atoms with E-state index in [0.29, 0.717) is 18.1 Å². The maximum absolute atomic E-state index is 12.5. The number of esters is 1. The number of aromatic nitrogens is 1. The lowest BCUT2D eigenvalue weighted by molar-refractivity contribution is 0.0527. The predicted octanol–water partition coefficient (Wildman–Crippen LogP) is 3.50. The molecule has 0 spiro atoms. The third-order valence-electron chi connectivity index (χ3n) is 4.97. The molecule has 0 aliphatic carbocycles. The average molecular weight is 342 g/mol. The summed E-state index contributed by atoms with van der Waals surface area (Å²) in [6.07, 6.45) is 2.71. The van der Waals surface area contributed by atoms with Crippen LogP contribution in [0, 0.1) is 19.8 Å². The second-order valence-corrected chi connectivity index (χ2v) is 6.75. The molecule has 134 valence electrons. The number of aryl methyl sites for hydroxylation is 2. The number of rotatable bonds is 5. The first-order chi connectivity index (χ1) is 12.0. The quantitative estimate of drug-likeness (QED) is 0.779. The highest BCUT2D eigenvalue weighted by Crippen LogP contribution is 2.33. The van der Waals surface area contributed by atoms with E-state index in [1.165, 1.54) is 5.56 Å². The van der Waals surface area contributed by atoms with Gasteiger partial charge in [-0.05, 0) is 38.3 Å². The van der Waals surface area contributed by atoms with Gasteiger partial charge in [0.1, 0.15) is 5.56 Å². The minimum Gasteiger partial charge on any atom is -0.462 e. The highest BCUT2D eigenvalue weighted by molar-refractivity contribution is 6.06. The van der Waals surface area contributed by atoms with Gasteiger partial charge in [0.25, 0.3) is 0 Å². The SMILES string of the molecule is CCOC(=O)c1cnc2c(C)c(C)ccc2c1N(C)CC1CCOC1. The number of ether oxygens (including phenoxy) is 2. The molecule has 25 heavy (non-hydrogen) atoms. The lowest BCUT2D eigenvalue weighted by Gasteiger charge is -2.26. The maximum atomic E-state index is 12.5. The monoisotopic (exact) mass is 342 g/mol. The molecule has 5 heteroatoms. The fourth-order valence-electron chi connectivity index (χ4n) is 3.47. The van der Waals surface area contributed by atoms with Gasteiger partial charge < -0.3 is 14.4 Å². The van der Waals surface area contributed by atoms with E-state index in [1.807, 2.05) is 14.0 Å². The maximum Gasteiger partial charge on any atom is 0.341 e. The number of anilines is 1. The highest BCUT2D eigenvalue weighted by atomic mass is 16.5. The summed E-state index contributed by atoms with van der Waals surface area (Å²) in [4.78, 5) is 19.2. The van der Waals surface area contributed by atoms with E-state index in [4.69, 9.17) is 9.47 Å². The standard InChI is InChI=1S/C20H26N2O3/c1-5-25-20(23)17-10-21-18-14(3)13(2)6-7-16(18)19(17)22(4)11-15-8-9-24-12-15/h6-7,10,15H,5,8-9,11-12H2,1-4H3. The average Bonchev–Trinajstić information content (AvgIpc) is 3.10. The van der Waals surface area contributed by atoms with Crippen molar-refractivity contribution in [1.82, 2.24) is 4.98 Å². The summed E-state index contributed by atoms with van der Waals surface area (Å²) >= 11 is 0. The Bertz CT molecular complexity index is 782. The lowest BCUT2D eigenvalue weighted by atomic mass is 10.0. The smallest absolute Gasteiger partial charge is 0.341 e. The van der Waals surface area contributed by atoms with Gasteiger partial charge in [0.05, 0.1) is 24.4 Å². The topological polar surface area (TPSA) is 51.7 Å². The van der Waals surface area contributed by atoms with E-state index in [2.05, 4.69) is 35.9 Å². The summed E-state index contributed by atoms with van der Waals surface area (Å²) in [5.41, 5.74) is 4.71. The van der Waals surface area contributed by atoms with Crippen molar-refractivity contribution in [1.29, 1.82) is 0 Å². The number of carbonyl (C=O) groups is 1. The fourth-order valence-corrected chi connectivity index (χ4v) is 3.47. The van der Waals surface area contributed by atoms with Crippen molar-refractivity contribution in [2.75, 3.05) is 38.3 Å². The molecule has 1 saturated heterocycles. The number of fused-ring (bicyclic) bond motifs is 1. The number of benzene rings is 1. The summed E-state index contributed by atoms with van der Waals surface area (Å²) in [5.74, 6) is 0.162. The van der Waals surface area contributed by atoms with Crippen LogP contribution in [0.4, 0.5) is 5.69 Å². The minimum atomic E-state index is -0.320. The van der Waals surface area contributed by atoms with Crippen LogP contribution in [0.25, 0.3) is 10.9 Å². The van der Waals surface area contributed by atoms with E-state index < -0.39 is 0 Å². The number of nitrogens with zero attached hydrogens (tertiary/aromatic N) is 2. The van der Waals surface area contributed by atoms with Crippen molar-refractivity contribution < 1.29 is 14.3 Å².